The van der Waals surface area contributed by atoms with Crippen LogP contribution in [-0.4, -0.2) is 0 Å². The van der Waals surface area contributed by atoms with E-state index in [0.717, 1.165) is 0 Å². The molecule has 0 aliphatic carbocycles. The van der Waals surface area contributed by atoms with Crippen molar-refractivity contribution in [2.45, 2.75) is 0 Å². The highest BCUT2D eigenvalue weighted by atomic mass is 128. The molecule has 0 nitrogen and oxygen atoms in total. The molecule has 1 heterocycles. The van der Waals surface area contributed by atoms with E-state index in [1.165, 1.54) is 16.3 Å². The Hall–Kier alpha value is -0.1000. The van der Waals surface area contributed by atoms with Crippen molar-refractivity contribution >= 4 is 50.0 Å². The van der Waals surface area contributed by atoms with E-state index >= 15 is 0 Å². The molecule has 3 rings (SSSR count). The van der Waals surface area contributed by atoms with Gasteiger partial charge in [0.1, 0.15) is 0 Å². The van der Waals surface area contributed by atoms with Crippen molar-refractivity contribution in [2.24, 2.45) is 0 Å². The second-order valence-corrected chi connectivity index (χ2v) is 11.8. The molecule has 2 aromatic carbocycles. The Bertz CT molecular complexity index is 503. The quantitative estimate of drug-likeness (QED) is 0.549. The van der Waals surface area contributed by atoms with Crippen LogP contribution in [0.2, 0.25) is 0 Å². The van der Waals surface area contributed by atoms with Crippen molar-refractivity contribution in [3.63, 3.8) is 0 Å². The molecule has 0 atom stereocenters. The Morgan fingerprint density at radius 2 is 1.71 bits per heavy atom. The molecule has 0 amide bonds. The van der Waals surface area contributed by atoms with Gasteiger partial charge in [0, 0.05) is 3.57 Å². The summed E-state index contributed by atoms with van der Waals surface area (Å²) < 4.78 is 4.07. The monoisotopic (exact) mass is 406 g/mol. The third-order valence-electron chi connectivity index (χ3n) is 2.27. The molecule has 70 valence electrons. The average molecular weight is 406 g/mol. The number of hydrogen-bond acceptors (Lipinski definition) is 0. The van der Waals surface area contributed by atoms with Crippen LogP contribution in [0.5, 0.6) is 0 Å². The van der Waals surface area contributed by atoms with Gasteiger partial charge in [-0.2, -0.15) is 0 Å². The molecule has 2 aromatic rings. The van der Waals surface area contributed by atoms with Crippen LogP contribution in [0.1, 0.15) is 5.56 Å². The maximum atomic E-state index is 2.42. The predicted octanol–water partition coefficient (Wildman–Crippen LogP) is 4.85. The van der Waals surface area contributed by atoms with Gasteiger partial charge in [0.15, 0.2) is 0 Å². The van der Waals surface area contributed by atoms with Crippen molar-refractivity contribution in [3.8, 4) is 0 Å². The highest BCUT2D eigenvalue weighted by Crippen LogP contribution is 2.35. The number of rotatable bonds is 0. The lowest BCUT2D eigenvalue weighted by Crippen LogP contribution is -1.82. The summed E-state index contributed by atoms with van der Waals surface area (Å²) in [7, 11) is 0. The average Bonchev–Trinajstić information content (AvgIpc) is 2.26. The van der Waals surface area contributed by atoms with Crippen molar-refractivity contribution in [3.05, 3.63) is 49.6 Å². The Kier molecular flexibility index (Phi) is 2.49. The van der Waals surface area contributed by atoms with Crippen molar-refractivity contribution < 1.29 is 0 Å². The van der Waals surface area contributed by atoms with Crippen LogP contribution < -0.4 is 0 Å². The fourth-order valence-corrected chi connectivity index (χ4v) is 9.41. The van der Waals surface area contributed by atoms with E-state index in [2.05, 4.69) is 46.6 Å². The maximum Gasteiger partial charge on any atom is 0.0209 e. The zero-order valence-electron chi connectivity index (χ0n) is 7.37. The molecule has 1 aliphatic heterocycles. The van der Waals surface area contributed by atoms with Gasteiger partial charge in [-0.15, -0.1) is 0 Å². The van der Waals surface area contributed by atoms with Gasteiger partial charge < -0.3 is 0 Å². The minimum Gasteiger partial charge on any atom is -0.0616 e. The van der Waals surface area contributed by atoms with Gasteiger partial charge in [0.25, 0.3) is 0 Å². The van der Waals surface area contributed by atoms with E-state index in [0.29, 0.717) is 33.2 Å². The molecule has 0 radical (unpaired) electrons. The second-order valence-electron chi connectivity index (χ2n) is 3.17. The van der Waals surface area contributed by atoms with Gasteiger partial charge in [0.05, 0.1) is 0 Å². The minimum absolute atomic E-state index is 0.343. The second kappa shape index (κ2) is 3.81. The first kappa shape index (κ1) is 9.15. The topological polar surface area (TPSA) is 0 Å². The van der Waals surface area contributed by atoms with Gasteiger partial charge >= 0.3 is 0 Å². The summed E-state index contributed by atoms with van der Waals surface area (Å²) in [5.41, 5.74) is 1.47. The van der Waals surface area contributed by atoms with Crippen LogP contribution in [0, 0.1) is 3.57 Å². The van der Waals surface area contributed by atoms with Crippen LogP contribution >= 0.6 is 33.2 Å². The third-order valence-corrected chi connectivity index (χ3v) is 10.9. The highest BCUT2D eigenvalue weighted by Gasteiger charge is 2.02. The van der Waals surface area contributed by atoms with Gasteiger partial charge in [-0.05, 0) is 55.2 Å². The van der Waals surface area contributed by atoms with Crippen molar-refractivity contribution in [1.29, 1.82) is 0 Å². The zero-order chi connectivity index (χ0) is 9.38. The molecule has 0 N–H and O–H groups in total. The lowest BCUT2D eigenvalue weighted by molar-refractivity contribution is 1.65. The van der Waals surface area contributed by atoms with Crippen LogP contribution in [0.15, 0.2) is 40.5 Å². The SMILES string of the molecule is C1=Cc2cc3ccccc3cc2I=I1. The molecule has 0 saturated carbocycles. The van der Waals surface area contributed by atoms with Crippen LogP contribution in [0.25, 0.3) is 16.8 Å². The van der Waals surface area contributed by atoms with E-state index in [1.807, 2.05) is 0 Å². The molecule has 0 saturated heterocycles. The highest BCUT2D eigenvalue weighted by molar-refractivity contribution is 14.8. The molecule has 0 fully saturated rings. The molecule has 0 aromatic heterocycles. The summed E-state index contributed by atoms with van der Waals surface area (Å²) in [5, 5.41) is 2.78. The van der Waals surface area contributed by atoms with Crippen molar-refractivity contribution in [2.75, 3.05) is 0 Å². The van der Waals surface area contributed by atoms with E-state index in [4.69, 9.17) is 0 Å². The molecular weight excluding hydrogens is 398 g/mol. The molecule has 0 spiro atoms. The summed E-state index contributed by atoms with van der Waals surface area (Å²) in [5.74, 6) is 0. The van der Waals surface area contributed by atoms with E-state index in [1.54, 1.807) is 3.57 Å². The fourth-order valence-electron chi connectivity index (χ4n) is 1.58. The Balaban J connectivity index is 2.40. The summed E-state index contributed by atoms with van der Waals surface area (Å²) in [6, 6.07) is 13.4. The standard InChI is InChI=1S/C12H8I2/c1-2-4-10-8-12-11(5-6-13-14-12)7-9(10)3-1/h1-8H. The summed E-state index contributed by atoms with van der Waals surface area (Å²) in [6.07, 6.45) is 2.32. The van der Waals surface area contributed by atoms with Crippen LogP contribution in [0.3, 0.4) is 0 Å². The summed E-state index contributed by atoms with van der Waals surface area (Å²) in [6.45, 7) is 0. The molecule has 0 bridgehead atoms. The number of benzene rings is 2. The summed E-state index contributed by atoms with van der Waals surface area (Å²) in [4.78, 5) is 0. The first-order valence-electron chi connectivity index (χ1n) is 4.40. The molecule has 14 heavy (non-hydrogen) atoms. The lowest BCUT2D eigenvalue weighted by atomic mass is 10.1. The van der Waals surface area contributed by atoms with E-state index < -0.39 is 0 Å². The van der Waals surface area contributed by atoms with Crippen molar-refractivity contribution in [1.82, 2.24) is 0 Å². The molecule has 2 heteroatoms. The van der Waals surface area contributed by atoms with Crippen LogP contribution in [-0.2, 0) is 0 Å². The maximum absolute atomic E-state index is 2.42. The van der Waals surface area contributed by atoms with E-state index in [9.17, 15) is 0 Å². The molecule has 0 unspecified atom stereocenters. The minimum atomic E-state index is 0.343. The first-order valence-corrected chi connectivity index (χ1v) is 13.0. The number of halogens is 2. The van der Waals surface area contributed by atoms with Gasteiger partial charge in [-0.1, -0.05) is 40.9 Å². The third kappa shape index (κ3) is 1.58. The van der Waals surface area contributed by atoms with Gasteiger partial charge in [-0.25, -0.2) is 0 Å². The zero-order valence-corrected chi connectivity index (χ0v) is 11.7. The number of fused-ring (bicyclic) bond motifs is 2. The fraction of sp³-hybridized carbons (Fsp3) is 0. The van der Waals surface area contributed by atoms with Gasteiger partial charge in [-0.3, -0.25) is 0 Å². The smallest absolute Gasteiger partial charge is 0.0209 e. The van der Waals surface area contributed by atoms with Gasteiger partial charge in [0.2, 0.25) is 0 Å². The predicted molar refractivity (Wildman–Crippen MR) is 79.7 cm³/mol. The van der Waals surface area contributed by atoms with Crippen LogP contribution in [0.4, 0.5) is 0 Å². The lowest BCUT2D eigenvalue weighted by Gasteiger charge is -2.06. The number of hydrogen-bond donors (Lipinski definition) is 0. The van der Waals surface area contributed by atoms with E-state index in [-0.39, 0.29) is 0 Å². The largest absolute Gasteiger partial charge is 0.0616 e. The first-order chi connectivity index (χ1) is 6.93. The molecular formula is C12H8I2. The Morgan fingerprint density at radius 1 is 0.929 bits per heavy atom. The Morgan fingerprint density at radius 3 is 2.57 bits per heavy atom. The molecule has 1 aliphatic rings. The normalized spacial score (nSPS) is 14.3. The Labute approximate surface area is 98.7 Å². The summed E-state index contributed by atoms with van der Waals surface area (Å²) >= 11 is 0.742.